The third-order valence-corrected chi connectivity index (χ3v) is 0. The summed E-state index contributed by atoms with van der Waals surface area (Å²) < 4.78 is 0. The fraction of sp³-hybridized carbons (Fsp3) is 0. The van der Waals surface area contributed by atoms with Gasteiger partial charge in [-0.25, -0.2) is 0 Å². The quantitative estimate of drug-likeness (QED) is 0.160. The molecule has 6 nitrogen and oxygen atoms in total. The van der Waals surface area contributed by atoms with Crippen LogP contribution >= 0.6 is 8.60 Å². The Morgan fingerprint density at radius 2 is 0.875 bits per heavy atom. The summed E-state index contributed by atoms with van der Waals surface area (Å²) in [4.78, 5) is 21.7. The molecule has 0 bridgehead atoms. The molecule has 0 aliphatic heterocycles. The molecular formula is H6BO6P. The molecule has 0 atom stereocenters. The Balaban J connectivity index is 0. The van der Waals surface area contributed by atoms with Crippen molar-refractivity contribution in [3.8, 4) is 0 Å². The van der Waals surface area contributed by atoms with Crippen LogP contribution in [0.4, 0.5) is 0 Å². The topological polar surface area (TPSA) is 121 Å². The summed E-state index contributed by atoms with van der Waals surface area (Å²) >= 11 is 0. The van der Waals surface area contributed by atoms with E-state index >= 15 is 0 Å². The molecule has 0 radical (unpaired) electrons. The van der Waals surface area contributed by atoms with Crippen molar-refractivity contribution >= 4 is 15.9 Å². The molecule has 50 valence electrons. The Morgan fingerprint density at radius 1 is 0.875 bits per heavy atom. The molecule has 0 aliphatic rings. The van der Waals surface area contributed by atoms with Crippen LogP contribution in [0.3, 0.4) is 0 Å². The van der Waals surface area contributed by atoms with Gasteiger partial charge in [-0.1, -0.05) is 0 Å². The van der Waals surface area contributed by atoms with Gasteiger partial charge < -0.3 is 29.8 Å². The van der Waals surface area contributed by atoms with E-state index < -0.39 is 15.9 Å². The molecule has 0 saturated heterocycles. The van der Waals surface area contributed by atoms with Crippen molar-refractivity contribution in [1.29, 1.82) is 0 Å². The first-order chi connectivity index (χ1) is 3.46. The zero-order chi connectivity index (χ0) is 7.15. The minimum atomic E-state index is -2.62. The number of hydrogen-bond donors (Lipinski definition) is 6. The normalized spacial score (nSPS) is 7.88. The second-order valence-electron chi connectivity index (χ2n) is 0.615. The van der Waals surface area contributed by atoms with Crippen LogP contribution in [-0.4, -0.2) is 37.1 Å². The molecule has 0 aromatic rings. The van der Waals surface area contributed by atoms with E-state index in [-0.39, 0.29) is 0 Å². The predicted octanol–water partition coefficient (Wildman–Crippen LogP) is -2.86. The lowest BCUT2D eigenvalue weighted by Crippen LogP contribution is -2.07. The third kappa shape index (κ3) is 2660. The molecule has 0 spiro atoms. The average molecular weight is 144 g/mol. The van der Waals surface area contributed by atoms with E-state index in [1.807, 2.05) is 0 Å². The monoisotopic (exact) mass is 144 g/mol. The van der Waals surface area contributed by atoms with Crippen LogP contribution in [0.2, 0.25) is 0 Å². The summed E-state index contributed by atoms with van der Waals surface area (Å²) in [6, 6.07) is 0. The summed E-state index contributed by atoms with van der Waals surface area (Å²) in [6.45, 7) is 0. The van der Waals surface area contributed by atoms with E-state index in [4.69, 9.17) is 29.8 Å². The second kappa shape index (κ2) is 7.25. The van der Waals surface area contributed by atoms with Crippen molar-refractivity contribution in [3.63, 3.8) is 0 Å². The van der Waals surface area contributed by atoms with Gasteiger partial charge in [-0.2, -0.15) is 0 Å². The summed E-state index contributed by atoms with van der Waals surface area (Å²) in [5.74, 6) is 0. The zero-order valence-electron chi connectivity index (χ0n) is 3.71. The molecule has 0 amide bonds. The fourth-order valence-electron chi connectivity index (χ4n) is 0. The fourth-order valence-corrected chi connectivity index (χ4v) is 0. The van der Waals surface area contributed by atoms with Gasteiger partial charge in [0.15, 0.2) is 0 Å². The molecule has 0 rings (SSSR count). The van der Waals surface area contributed by atoms with E-state index in [1.54, 1.807) is 0 Å². The van der Waals surface area contributed by atoms with Crippen molar-refractivity contribution in [3.05, 3.63) is 0 Å². The zero-order valence-corrected chi connectivity index (χ0v) is 4.60. The minimum absolute atomic E-state index is 2.17. The van der Waals surface area contributed by atoms with E-state index in [1.165, 1.54) is 0 Å². The first kappa shape index (κ1) is 11.1. The Bertz CT molecular complexity index is 24.0. The highest BCUT2D eigenvalue weighted by Crippen LogP contribution is 2.11. The SMILES string of the molecule is OB(O)O.OP(O)O. The lowest BCUT2D eigenvalue weighted by molar-refractivity contribution is 0.278. The molecule has 0 aromatic heterocycles. The standard InChI is InChI=1S/BH3O3.H3O3P/c2-1(3)4;1-4(2)3/h2-4H;1-3H. The molecular weight excluding hydrogens is 138 g/mol. The summed E-state index contributed by atoms with van der Waals surface area (Å²) in [7, 11) is -4.79. The van der Waals surface area contributed by atoms with E-state index in [0.29, 0.717) is 0 Å². The minimum Gasteiger partial charge on any atom is -0.402 e. The highest BCUT2D eigenvalue weighted by Gasteiger charge is 1.92. The van der Waals surface area contributed by atoms with Crippen molar-refractivity contribution in [2.75, 3.05) is 0 Å². The largest absolute Gasteiger partial charge is 0.631 e. The Kier molecular flexibility index (Phi) is 10.1. The molecule has 0 saturated carbocycles. The lowest BCUT2D eigenvalue weighted by atomic mass is 10.3. The van der Waals surface area contributed by atoms with E-state index in [2.05, 4.69) is 0 Å². The maximum Gasteiger partial charge on any atom is 0.631 e. The molecule has 0 fully saturated rings. The highest BCUT2D eigenvalue weighted by atomic mass is 31.2. The molecule has 6 N–H and O–H groups in total. The van der Waals surface area contributed by atoms with Crippen LogP contribution in [0.5, 0.6) is 0 Å². The molecule has 0 unspecified atom stereocenters. The third-order valence-electron chi connectivity index (χ3n) is 0. The van der Waals surface area contributed by atoms with Gasteiger partial charge in [0.1, 0.15) is 0 Å². The number of hydrogen-bond acceptors (Lipinski definition) is 6. The van der Waals surface area contributed by atoms with Gasteiger partial charge in [0, 0.05) is 0 Å². The lowest BCUT2D eigenvalue weighted by Gasteiger charge is -1.76. The first-order valence-corrected chi connectivity index (χ1v) is 2.57. The van der Waals surface area contributed by atoms with Gasteiger partial charge in [-0.15, -0.1) is 0 Å². The van der Waals surface area contributed by atoms with Gasteiger partial charge in [0.25, 0.3) is 0 Å². The number of rotatable bonds is 0. The maximum absolute atomic E-state index is 7.23. The summed E-state index contributed by atoms with van der Waals surface area (Å²) in [5.41, 5.74) is 0. The van der Waals surface area contributed by atoms with Gasteiger partial charge >= 0.3 is 15.9 Å². The maximum atomic E-state index is 7.23. The predicted molar refractivity (Wildman–Crippen MR) is 26.0 cm³/mol. The van der Waals surface area contributed by atoms with Gasteiger partial charge in [-0.05, 0) is 0 Å². The van der Waals surface area contributed by atoms with Crippen LogP contribution in [0, 0.1) is 0 Å². The Hall–Kier alpha value is 0.255. The van der Waals surface area contributed by atoms with E-state index in [0.717, 1.165) is 0 Å². The summed E-state index contributed by atoms with van der Waals surface area (Å²) in [5, 5.41) is 21.5. The van der Waals surface area contributed by atoms with Crippen LogP contribution in [0.25, 0.3) is 0 Å². The summed E-state index contributed by atoms with van der Waals surface area (Å²) in [6.07, 6.45) is 0. The van der Waals surface area contributed by atoms with E-state index in [9.17, 15) is 0 Å². The van der Waals surface area contributed by atoms with Gasteiger partial charge in [-0.3, -0.25) is 0 Å². The van der Waals surface area contributed by atoms with Crippen LogP contribution in [-0.2, 0) is 0 Å². The Morgan fingerprint density at radius 3 is 0.875 bits per heavy atom. The highest BCUT2D eigenvalue weighted by molar-refractivity contribution is 7.38. The smallest absolute Gasteiger partial charge is 0.402 e. The second-order valence-corrected chi connectivity index (χ2v) is 1.15. The average Bonchev–Trinajstić information content (AvgIpc) is 1.25. The first-order valence-electron chi connectivity index (χ1n) is 1.37. The molecule has 0 aromatic carbocycles. The van der Waals surface area contributed by atoms with Crippen LogP contribution in [0.15, 0.2) is 0 Å². The van der Waals surface area contributed by atoms with Crippen molar-refractivity contribution in [2.24, 2.45) is 0 Å². The molecule has 0 heterocycles. The van der Waals surface area contributed by atoms with Gasteiger partial charge in [0.05, 0.1) is 0 Å². The van der Waals surface area contributed by atoms with Crippen molar-refractivity contribution in [2.45, 2.75) is 0 Å². The Labute approximate surface area is 46.8 Å². The van der Waals surface area contributed by atoms with Crippen LogP contribution in [0.1, 0.15) is 0 Å². The van der Waals surface area contributed by atoms with Gasteiger partial charge in [0.2, 0.25) is 0 Å². The van der Waals surface area contributed by atoms with Crippen molar-refractivity contribution < 1.29 is 29.8 Å². The molecule has 8 heavy (non-hydrogen) atoms. The molecule has 8 heteroatoms. The molecule has 0 aliphatic carbocycles. The van der Waals surface area contributed by atoms with Crippen LogP contribution < -0.4 is 0 Å². The van der Waals surface area contributed by atoms with Crippen molar-refractivity contribution in [1.82, 2.24) is 0 Å².